The second-order valence-corrected chi connectivity index (χ2v) is 3.74. The van der Waals surface area contributed by atoms with Crippen molar-refractivity contribution in [3.05, 3.63) is 23.3 Å². The fourth-order valence-electron chi connectivity index (χ4n) is 1.91. The largest absolute Gasteiger partial charge is 0.495 e. The first kappa shape index (κ1) is 9.83. The molecule has 2 rings (SSSR count). The summed E-state index contributed by atoms with van der Waals surface area (Å²) in [6, 6.07) is 3.36. The average molecular weight is 207 g/mol. The molecule has 0 aromatic heterocycles. The molecule has 0 spiro atoms. The Morgan fingerprint density at radius 1 is 1.60 bits per heavy atom. The molecule has 0 fully saturated rings. The van der Waals surface area contributed by atoms with Crippen molar-refractivity contribution in [3.8, 4) is 5.75 Å². The molecule has 0 aliphatic carbocycles. The van der Waals surface area contributed by atoms with Crippen molar-refractivity contribution < 1.29 is 14.6 Å². The normalized spacial score (nSPS) is 18.1. The molecular weight excluding hydrogens is 194 g/mol. The van der Waals surface area contributed by atoms with Crippen molar-refractivity contribution in [2.24, 2.45) is 0 Å². The summed E-state index contributed by atoms with van der Waals surface area (Å²) < 4.78 is 5.21. The second kappa shape index (κ2) is 3.46. The average Bonchev–Trinajstić information content (AvgIpc) is 2.59. The number of carboxylic acids is 1. The van der Waals surface area contributed by atoms with Gasteiger partial charge in [0.2, 0.25) is 0 Å². The molecule has 0 saturated heterocycles. The highest BCUT2D eigenvalue weighted by atomic mass is 16.5. The maximum absolute atomic E-state index is 10.9. The van der Waals surface area contributed by atoms with E-state index in [-0.39, 0.29) is 0 Å². The lowest BCUT2D eigenvalue weighted by atomic mass is 10.1. The number of fused-ring (bicyclic) bond motifs is 1. The first-order valence-corrected chi connectivity index (χ1v) is 4.78. The van der Waals surface area contributed by atoms with Gasteiger partial charge in [0.05, 0.1) is 12.8 Å². The lowest BCUT2D eigenvalue weighted by molar-refractivity contribution is -0.137. The van der Waals surface area contributed by atoms with Crippen LogP contribution >= 0.6 is 0 Å². The molecule has 0 amide bonds. The molecule has 1 aliphatic rings. The van der Waals surface area contributed by atoms with Crippen molar-refractivity contribution >= 4 is 11.7 Å². The van der Waals surface area contributed by atoms with Crippen LogP contribution in [0.25, 0.3) is 0 Å². The van der Waals surface area contributed by atoms with E-state index in [4.69, 9.17) is 9.84 Å². The fraction of sp³-hybridized carbons (Fsp3) is 0.364. The van der Waals surface area contributed by atoms with Gasteiger partial charge in [-0.25, -0.2) is 4.79 Å². The lowest BCUT2D eigenvalue weighted by Gasteiger charge is -2.09. The number of aryl methyl sites for hydroxylation is 1. The molecule has 0 saturated carbocycles. The van der Waals surface area contributed by atoms with Gasteiger partial charge in [0.1, 0.15) is 11.8 Å². The van der Waals surface area contributed by atoms with Crippen LogP contribution in [0, 0.1) is 6.92 Å². The van der Waals surface area contributed by atoms with E-state index in [0.29, 0.717) is 12.2 Å². The summed E-state index contributed by atoms with van der Waals surface area (Å²) in [5.74, 6) is -0.111. The summed E-state index contributed by atoms with van der Waals surface area (Å²) >= 11 is 0. The zero-order valence-corrected chi connectivity index (χ0v) is 8.70. The van der Waals surface area contributed by atoms with E-state index in [0.717, 1.165) is 16.8 Å². The third-order valence-corrected chi connectivity index (χ3v) is 2.59. The third kappa shape index (κ3) is 1.63. The zero-order chi connectivity index (χ0) is 11.0. The van der Waals surface area contributed by atoms with Crippen molar-refractivity contribution in [2.75, 3.05) is 12.4 Å². The maximum atomic E-state index is 10.9. The summed E-state index contributed by atoms with van der Waals surface area (Å²) in [4.78, 5) is 10.9. The van der Waals surface area contributed by atoms with Gasteiger partial charge in [-0.2, -0.15) is 0 Å². The summed E-state index contributed by atoms with van der Waals surface area (Å²) in [7, 11) is 1.59. The van der Waals surface area contributed by atoms with Crippen LogP contribution in [0.1, 0.15) is 11.1 Å². The van der Waals surface area contributed by atoms with Gasteiger partial charge >= 0.3 is 5.97 Å². The molecule has 1 aromatic carbocycles. The van der Waals surface area contributed by atoms with Crippen LogP contribution in [0.2, 0.25) is 0 Å². The highest BCUT2D eigenvalue weighted by Crippen LogP contribution is 2.36. The molecule has 1 heterocycles. The molecule has 80 valence electrons. The molecule has 0 radical (unpaired) electrons. The van der Waals surface area contributed by atoms with Gasteiger partial charge in [0.15, 0.2) is 0 Å². The van der Waals surface area contributed by atoms with Crippen LogP contribution < -0.4 is 10.1 Å². The van der Waals surface area contributed by atoms with Crippen LogP contribution in [0.3, 0.4) is 0 Å². The van der Waals surface area contributed by atoms with Crippen LogP contribution in [0.5, 0.6) is 5.75 Å². The Labute approximate surface area is 87.9 Å². The van der Waals surface area contributed by atoms with E-state index in [1.54, 1.807) is 7.11 Å². The Hall–Kier alpha value is -1.71. The Bertz CT molecular complexity index is 415. The summed E-state index contributed by atoms with van der Waals surface area (Å²) in [6.45, 7) is 1.97. The number of carboxylic acid groups (broad SMARTS) is 1. The van der Waals surface area contributed by atoms with E-state index < -0.39 is 12.0 Å². The molecule has 1 aliphatic heterocycles. The molecule has 4 nitrogen and oxygen atoms in total. The standard InChI is InChI=1S/C11H13NO3/c1-6-3-7-5-8(11(13)14)12-10(7)9(4-6)15-2/h3-4,8,12H,5H2,1-2H3,(H,13,14). The second-order valence-electron chi connectivity index (χ2n) is 3.74. The lowest BCUT2D eigenvalue weighted by Crippen LogP contribution is -2.26. The van der Waals surface area contributed by atoms with E-state index in [1.807, 2.05) is 19.1 Å². The number of methoxy groups -OCH3 is 1. The minimum Gasteiger partial charge on any atom is -0.495 e. The number of ether oxygens (including phenoxy) is 1. The molecule has 15 heavy (non-hydrogen) atoms. The highest BCUT2D eigenvalue weighted by Gasteiger charge is 2.28. The fourth-order valence-corrected chi connectivity index (χ4v) is 1.91. The number of carbonyl (C=O) groups is 1. The van der Waals surface area contributed by atoms with Gasteiger partial charge in [0, 0.05) is 6.42 Å². The van der Waals surface area contributed by atoms with Crippen molar-refractivity contribution in [1.29, 1.82) is 0 Å². The number of rotatable bonds is 2. The Kier molecular flexibility index (Phi) is 2.26. The third-order valence-electron chi connectivity index (χ3n) is 2.59. The van der Waals surface area contributed by atoms with Crippen molar-refractivity contribution in [1.82, 2.24) is 0 Å². The summed E-state index contributed by atoms with van der Waals surface area (Å²) in [5.41, 5.74) is 2.91. The predicted molar refractivity (Wildman–Crippen MR) is 56.5 cm³/mol. The first-order chi connectivity index (χ1) is 7.11. The van der Waals surface area contributed by atoms with E-state index in [9.17, 15) is 4.79 Å². The maximum Gasteiger partial charge on any atom is 0.326 e. The smallest absolute Gasteiger partial charge is 0.326 e. The van der Waals surface area contributed by atoms with Gasteiger partial charge in [0.25, 0.3) is 0 Å². The first-order valence-electron chi connectivity index (χ1n) is 4.78. The Morgan fingerprint density at radius 2 is 2.33 bits per heavy atom. The van der Waals surface area contributed by atoms with E-state index in [2.05, 4.69) is 5.32 Å². The molecule has 2 N–H and O–H groups in total. The van der Waals surface area contributed by atoms with Crippen LogP contribution in [-0.2, 0) is 11.2 Å². The highest BCUT2D eigenvalue weighted by molar-refractivity contribution is 5.83. The van der Waals surface area contributed by atoms with E-state index >= 15 is 0 Å². The number of aliphatic carboxylic acids is 1. The van der Waals surface area contributed by atoms with Gasteiger partial charge in [-0.05, 0) is 24.1 Å². The van der Waals surface area contributed by atoms with Crippen molar-refractivity contribution in [2.45, 2.75) is 19.4 Å². The summed E-state index contributed by atoms with van der Waals surface area (Å²) in [6.07, 6.45) is 0.517. The SMILES string of the molecule is COc1cc(C)cc2c1NC(C(=O)O)C2. The molecule has 1 atom stereocenters. The van der Waals surface area contributed by atoms with Gasteiger partial charge in [-0.15, -0.1) is 0 Å². The van der Waals surface area contributed by atoms with Crippen LogP contribution in [0.4, 0.5) is 5.69 Å². The number of hydrogen-bond acceptors (Lipinski definition) is 3. The molecular formula is C11H13NO3. The summed E-state index contributed by atoms with van der Waals surface area (Å²) in [5, 5.41) is 11.9. The number of anilines is 1. The number of benzene rings is 1. The predicted octanol–water partition coefficient (Wildman–Crippen LogP) is 1.42. The topological polar surface area (TPSA) is 58.6 Å². The van der Waals surface area contributed by atoms with E-state index in [1.165, 1.54) is 0 Å². The van der Waals surface area contributed by atoms with Gasteiger partial charge in [-0.1, -0.05) is 6.07 Å². The van der Waals surface area contributed by atoms with Gasteiger partial charge in [-0.3, -0.25) is 0 Å². The van der Waals surface area contributed by atoms with Crippen LogP contribution in [-0.4, -0.2) is 24.2 Å². The minimum atomic E-state index is -0.828. The minimum absolute atomic E-state index is 0.517. The molecule has 1 unspecified atom stereocenters. The number of nitrogens with one attached hydrogen (secondary N) is 1. The monoisotopic (exact) mass is 207 g/mol. The Balaban J connectivity index is 2.40. The quantitative estimate of drug-likeness (QED) is 0.770. The molecule has 1 aromatic rings. The van der Waals surface area contributed by atoms with Crippen LogP contribution in [0.15, 0.2) is 12.1 Å². The zero-order valence-electron chi connectivity index (χ0n) is 8.70. The Morgan fingerprint density at radius 3 is 2.93 bits per heavy atom. The van der Waals surface area contributed by atoms with Crippen molar-refractivity contribution in [3.63, 3.8) is 0 Å². The molecule has 0 bridgehead atoms. The number of hydrogen-bond donors (Lipinski definition) is 2. The van der Waals surface area contributed by atoms with Gasteiger partial charge < -0.3 is 15.2 Å². The molecule has 4 heteroatoms.